The number of aliphatic hydroxyl groups excluding tert-OH is 1. The predicted molar refractivity (Wildman–Crippen MR) is 106 cm³/mol. The van der Waals surface area contributed by atoms with E-state index >= 15 is 0 Å². The Hall–Kier alpha value is -2.47. The van der Waals surface area contributed by atoms with Crippen molar-refractivity contribution in [1.82, 2.24) is 10.3 Å². The van der Waals surface area contributed by atoms with Crippen LogP contribution in [0.25, 0.3) is 0 Å². The summed E-state index contributed by atoms with van der Waals surface area (Å²) in [7, 11) is 0. The first kappa shape index (κ1) is 17.9. The third-order valence-corrected chi connectivity index (χ3v) is 5.55. The van der Waals surface area contributed by atoms with Crippen molar-refractivity contribution >= 4 is 23.8 Å². The molecule has 2 heterocycles. The van der Waals surface area contributed by atoms with E-state index in [1.807, 2.05) is 12.3 Å². The minimum Gasteiger partial charge on any atom is -0.392 e. The van der Waals surface area contributed by atoms with E-state index in [2.05, 4.69) is 32.8 Å². The third-order valence-electron chi connectivity index (χ3n) is 5.55. The first-order valence-electron chi connectivity index (χ1n) is 9.85. The van der Waals surface area contributed by atoms with Gasteiger partial charge in [-0.2, -0.15) is 0 Å². The van der Waals surface area contributed by atoms with Gasteiger partial charge < -0.3 is 10.4 Å². The summed E-state index contributed by atoms with van der Waals surface area (Å²) in [6.45, 7) is 0.0550. The number of urea groups is 1. The lowest BCUT2D eigenvalue weighted by Crippen LogP contribution is -2.36. The van der Waals surface area contributed by atoms with E-state index < -0.39 is 0 Å². The maximum atomic E-state index is 12.2. The van der Waals surface area contributed by atoms with Crippen molar-refractivity contribution in [3.8, 4) is 0 Å². The summed E-state index contributed by atoms with van der Waals surface area (Å²) in [6, 6.07) is 3.78. The lowest BCUT2D eigenvalue weighted by molar-refractivity contribution is 0.248. The number of amides is 2. The minimum absolute atomic E-state index is 0.0550. The van der Waals surface area contributed by atoms with Gasteiger partial charge in [-0.25, -0.2) is 9.78 Å². The summed E-state index contributed by atoms with van der Waals surface area (Å²) >= 11 is 0. The highest BCUT2D eigenvalue weighted by atomic mass is 16.3. The molecular formula is C21H26N4O2. The molecule has 1 saturated carbocycles. The zero-order chi connectivity index (χ0) is 18.6. The Bertz CT molecular complexity index is 806. The van der Waals surface area contributed by atoms with Gasteiger partial charge in [0.05, 0.1) is 18.0 Å². The summed E-state index contributed by atoms with van der Waals surface area (Å²) in [5.41, 5.74) is 3.87. The Morgan fingerprint density at radius 2 is 2.00 bits per heavy atom. The van der Waals surface area contributed by atoms with Crippen LogP contribution < -0.4 is 10.6 Å². The molecule has 0 radical (unpaired) electrons. The standard InChI is InChI=1S/C21H26N4O2/c26-13-14-5-1-4-8-17(14)15-11-19-18(22-12-15)9-10-20(24-19)25-21(27)23-16-6-2-3-7-16/h5,8-10,12,15-16,26H,1-4,6-7,11,13H2,(H2,23,24,25,27). The smallest absolute Gasteiger partial charge is 0.320 e. The van der Waals surface area contributed by atoms with Crippen LogP contribution in [0.5, 0.6) is 0 Å². The monoisotopic (exact) mass is 366 g/mol. The topological polar surface area (TPSA) is 86.6 Å². The number of aliphatic hydroxyl groups is 1. The highest BCUT2D eigenvalue weighted by Crippen LogP contribution is 2.33. The van der Waals surface area contributed by atoms with Crippen molar-refractivity contribution in [3.05, 3.63) is 41.1 Å². The summed E-state index contributed by atoms with van der Waals surface area (Å²) in [6.07, 6.45) is 13.4. The molecule has 1 aromatic heterocycles. The van der Waals surface area contributed by atoms with Crippen molar-refractivity contribution in [2.24, 2.45) is 10.9 Å². The Morgan fingerprint density at radius 1 is 1.19 bits per heavy atom. The van der Waals surface area contributed by atoms with Crippen molar-refractivity contribution in [2.75, 3.05) is 11.9 Å². The van der Waals surface area contributed by atoms with Crippen LogP contribution in [-0.4, -0.2) is 35.0 Å². The molecule has 1 fully saturated rings. The normalized spacial score (nSPS) is 22.0. The lowest BCUT2D eigenvalue weighted by Gasteiger charge is -2.24. The fourth-order valence-corrected chi connectivity index (χ4v) is 4.15. The van der Waals surface area contributed by atoms with Gasteiger partial charge in [0.15, 0.2) is 0 Å². The maximum absolute atomic E-state index is 12.2. The van der Waals surface area contributed by atoms with Gasteiger partial charge in [0.25, 0.3) is 0 Å². The second-order valence-corrected chi connectivity index (χ2v) is 7.46. The van der Waals surface area contributed by atoms with E-state index in [0.717, 1.165) is 54.6 Å². The second kappa shape index (κ2) is 8.05. The average Bonchev–Trinajstić information content (AvgIpc) is 3.20. The van der Waals surface area contributed by atoms with Crippen LogP contribution in [0.1, 0.15) is 44.2 Å². The molecule has 1 aliphatic heterocycles. The SMILES string of the molecule is O=C(Nc1ccc2c(n1)CC(C1=CCCC=C1CO)C=N2)NC1CCCC1. The minimum atomic E-state index is -0.189. The highest BCUT2D eigenvalue weighted by molar-refractivity contribution is 5.88. The molecule has 3 aliphatic rings. The number of hydrogen-bond donors (Lipinski definition) is 3. The molecule has 142 valence electrons. The van der Waals surface area contributed by atoms with Crippen LogP contribution in [0.3, 0.4) is 0 Å². The van der Waals surface area contributed by atoms with Gasteiger partial charge in [-0.05, 0) is 49.0 Å². The number of pyridine rings is 1. The zero-order valence-electron chi connectivity index (χ0n) is 15.4. The molecule has 1 aromatic rings. The molecule has 0 spiro atoms. The summed E-state index contributed by atoms with van der Waals surface area (Å²) in [4.78, 5) is 21.4. The first-order valence-corrected chi connectivity index (χ1v) is 9.85. The van der Waals surface area contributed by atoms with Crippen LogP contribution in [0, 0.1) is 5.92 Å². The fourth-order valence-electron chi connectivity index (χ4n) is 4.15. The van der Waals surface area contributed by atoms with Crippen LogP contribution in [0.15, 0.2) is 40.4 Å². The van der Waals surface area contributed by atoms with Gasteiger partial charge >= 0.3 is 6.03 Å². The number of anilines is 1. The number of aromatic nitrogens is 1. The van der Waals surface area contributed by atoms with Gasteiger partial charge in [0.2, 0.25) is 0 Å². The van der Waals surface area contributed by atoms with E-state index in [-0.39, 0.29) is 24.6 Å². The molecule has 2 amide bonds. The molecule has 2 aliphatic carbocycles. The average molecular weight is 366 g/mol. The Morgan fingerprint density at radius 3 is 2.81 bits per heavy atom. The number of hydrogen-bond acceptors (Lipinski definition) is 4. The van der Waals surface area contributed by atoms with Gasteiger partial charge in [-0.3, -0.25) is 10.3 Å². The largest absolute Gasteiger partial charge is 0.392 e. The third kappa shape index (κ3) is 4.11. The molecule has 1 atom stereocenters. The predicted octanol–water partition coefficient (Wildman–Crippen LogP) is 3.66. The molecule has 6 nitrogen and oxygen atoms in total. The number of nitrogens with one attached hydrogen (secondary N) is 2. The molecule has 0 bridgehead atoms. The second-order valence-electron chi connectivity index (χ2n) is 7.46. The van der Waals surface area contributed by atoms with Crippen molar-refractivity contribution in [3.63, 3.8) is 0 Å². The first-order chi connectivity index (χ1) is 13.2. The van der Waals surface area contributed by atoms with Crippen LogP contribution in [-0.2, 0) is 6.42 Å². The van der Waals surface area contributed by atoms with E-state index in [9.17, 15) is 9.90 Å². The molecule has 1 unspecified atom stereocenters. The summed E-state index contributed by atoms with van der Waals surface area (Å²) in [5, 5.41) is 15.5. The van der Waals surface area contributed by atoms with Crippen LogP contribution in [0.2, 0.25) is 0 Å². The number of carbonyl (C=O) groups excluding carboxylic acids is 1. The van der Waals surface area contributed by atoms with Crippen LogP contribution >= 0.6 is 0 Å². The Balaban J connectivity index is 1.45. The lowest BCUT2D eigenvalue weighted by atomic mass is 9.84. The number of nitrogens with zero attached hydrogens (tertiary/aromatic N) is 2. The molecule has 27 heavy (non-hydrogen) atoms. The van der Waals surface area contributed by atoms with Gasteiger partial charge in [-0.1, -0.05) is 25.0 Å². The van der Waals surface area contributed by atoms with Gasteiger partial charge in [-0.15, -0.1) is 0 Å². The molecule has 0 saturated heterocycles. The van der Waals surface area contributed by atoms with Gasteiger partial charge in [0.1, 0.15) is 5.82 Å². The van der Waals surface area contributed by atoms with Crippen molar-refractivity contribution < 1.29 is 9.90 Å². The molecule has 6 heteroatoms. The number of carbonyl (C=O) groups is 1. The number of aliphatic imine (C=N–C) groups is 1. The van der Waals surface area contributed by atoms with E-state index in [4.69, 9.17) is 0 Å². The Kier molecular flexibility index (Phi) is 5.34. The fraction of sp³-hybridized carbons (Fsp3) is 0.476. The van der Waals surface area contributed by atoms with Crippen molar-refractivity contribution in [2.45, 2.75) is 51.0 Å². The van der Waals surface area contributed by atoms with Crippen molar-refractivity contribution in [1.29, 1.82) is 0 Å². The Labute approximate surface area is 159 Å². The number of fused-ring (bicyclic) bond motifs is 1. The summed E-state index contributed by atoms with van der Waals surface area (Å²) < 4.78 is 0. The van der Waals surface area contributed by atoms with Gasteiger partial charge in [0, 0.05) is 24.6 Å². The number of rotatable bonds is 4. The van der Waals surface area contributed by atoms with E-state index in [0.29, 0.717) is 5.82 Å². The maximum Gasteiger partial charge on any atom is 0.320 e. The quantitative estimate of drug-likeness (QED) is 0.760. The number of allylic oxidation sites excluding steroid dienone is 2. The summed E-state index contributed by atoms with van der Waals surface area (Å²) in [5.74, 6) is 0.668. The highest BCUT2D eigenvalue weighted by Gasteiger charge is 2.24. The molecule has 4 rings (SSSR count). The molecule has 3 N–H and O–H groups in total. The van der Waals surface area contributed by atoms with Crippen LogP contribution in [0.4, 0.5) is 16.3 Å². The molecular weight excluding hydrogens is 340 g/mol. The van der Waals surface area contributed by atoms with E-state index in [1.165, 1.54) is 12.8 Å². The molecule has 0 aromatic carbocycles. The zero-order valence-corrected chi connectivity index (χ0v) is 15.4. The van der Waals surface area contributed by atoms with E-state index in [1.54, 1.807) is 6.07 Å².